The molecule has 0 aliphatic carbocycles. The molecular weight excluding hydrogens is 347 g/mol. The normalized spacial score (nSPS) is 9.92. The molecule has 6 heteroatoms. The Morgan fingerprint density at radius 3 is 2.54 bits per heavy atom. The molecular formula is C18H22Cl2N2O2. The Labute approximate surface area is 154 Å². The second kappa shape index (κ2) is 10.9. The molecule has 0 aromatic heterocycles. The summed E-state index contributed by atoms with van der Waals surface area (Å²) in [6.45, 7) is 4.55. The third-order valence-corrected chi connectivity index (χ3v) is 3.68. The van der Waals surface area contributed by atoms with E-state index >= 15 is 0 Å². The van der Waals surface area contributed by atoms with Crippen LogP contribution < -0.4 is 15.4 Å². The summed E-state index contributed by atoms with van der Waals surface area (Å²) >= 11 is 6.12. The Bertz CT molecular complexity index is 650. The van der Waals surface area contributed by atoms with Crippen LogP contribution in [0.3, 0.4) is 0 Å². The van der Waals surface area contributed by atoms with Gasteiger partial charge in [0.1, 0.15) is 12.4 Å². The highest BCUT2D eigenvalue weighted by Gasteiger charge is 2.12. The minimum atomic E-state index is -0.141. The summed E-state index contributed by atoms with van der Waals surface area (Å²) in [5.41, 5.74) is 1.41. The number of amides is 1. The smallest absolute Gasteiger partial charge is 0.255 e. The number of carbonyl (C=O) groups is 1. The number of carbonyl (C=O) groups excluding carboxylic acids is 1. The van der Waals surface area contributed by atoms with E-state index in [0.29, 0.717) is 29.5 Å². The van der Waals surface area contributed by atoms with E-state index in [0.717, 1.165) is 18.7 Å². The minimum absolute atomic E-state index is 0. The molecule has 0 saturated heterocycles. The maximum Gasteiger partial charge on any atom is 0.255 e. The van der Waals surface area contributed by atoms with Crippen LogP contribution >= 0.6 is 24.0 Å². The summed E-state index contributed by atoms with van der Waals surface area (Å²) < 4.78 is 5.79. The Hall–Kier alpha value is -1.75. The van der Waals surface area contributed by atoms with Gasteiger partial charge in [0.05, 0.1) is 5.56 Å². The van der Waals surface area contributed by atoms with Crippen molar-refractivity contribution in [3.05, 3.63) is 64.7 Å². The summed E-state index contributed by atoms with van der Waals surface area (Å²) in [5, 5.41) is 6.69. The molecule has 2 N–H and O–H groups in total. The number of halogens is 2. The van der Waals surface area contributed by atoms with Crippen molar-refractivity contribution in [3.8, 4) is 5.75 Å². The first-order chi connectivity index (χ1) is 11.2. The molecule has 0 fully saturated rings. The van der Waals surface area contributed by atoms with Gasteiger partial charge < -0.3 is 15.4 Å². The zero-order valence-corrected chi connectivity index (χ0v) is 15.1. The number of rotatable bonds is 8. The van der Waals surface area contributed by atoms with E-state index in [1.54, 1.807) is 12.1 Å². The molecule has 0 radical (unpaired) electrons. The fourth-order valence-corrected chi connectivity index (χ4v) is 2.28. The second-order valence-electron chi connectivity index (χ2n) is 4.99. The SMILES string of the molecule is CCNCCNC(=O)c1ccccc1OCc1ccccc1Cl.Cl. The van der Waals surface area contributed by atoms with Gasteiger partial charge in [0.2, 0.25) is 0 Å². The first-order valence-electron chi connectivity index (χ1n) is 7.66. The van der Waals surface area contributed by atoms with Crippen LogP contribution in [0.5, 0.6) is 5.75 Å². The van der Waals surface area contributed by atoms with Crippen molar-refractivity contribution in [1.82, 2.24) is 10.6 Å². The van der Waals surface area contributed by atoms with Gasteiger partial charge in [0.25, 0.3) is 5.91 Å². The molecule has 0 bridgehead atoms. The topological polar surface area (TPSA) is 50.4 Å². The highest BCUT2D eigenvalue weighted by molar-refractivity contribution is 6.31. The minimum Gasteiger partial charge on any atom is -0.488 e. The summed E-state index contributed by atoms with van der Waals surface area (Å²) in [6.07, 6.45) is 0. The van der Waals surface area contributed by atoms with Crippen LogP contribution in [0, 0.1) is 0 Å². The molecule has 2 aromatic carbocycles. The van der Waals surface area contributed by atoms with E-state index < -0.39 is 0 Å². The molecule has 2 rings (SSSR count). The van der Waals surface area contributed by atoms with Crippen molar-refractivity contribution in [2.75, 3.05) is 19.6 Å². The number of hydrogen-bond donors (Lipinski definition) is 2. The van der Waals surface area contributed by atoms with Gasteiger partial charge >= 0.3 is 0 Å². The average molecular weight is 369 g/mol. The van der Waals surface area contributed by atoms with Crippen LogP contribution in [0.15, 0.2) is 48.5 Å². The van der Waals surface area contributed by atoms with Gasteiger partial charge in [-0.1, -0.05) is 48.9 Å². The monoisotopic (exact) mass is 368 g/mol. The quantitative estimate of drug-likeness (QED) is 0.698. The summed E-state index contributed by atoms with van der Waals surface area (Å²) in [5.74, 6) is 0.408. The summed E-state index contributed by atoms with van der Waals surface area (Å²) in [6, 6.07) is 14.7. The third kappa shape index (κ3) is 6.04. The standard InChI is InChI=1S/C18H21ClN2O2.ClH/c1-2-20-11-12-21-18(22)15-8-4-6-10-17(15)23-13-14-7-3-5-9-16(14)19;/h3-10,20H,2,11-13H2,1H3,(H,21,22);1H. The van der Waals surface area contributed by atoms with Crippen molar-refractivity contribution in [1.29, 1.82) is 0 Å². The second-order valence-corrected chi connectivity index (χ2v) is 5.39. The molecule has 0 aliphatic rings. The van der Waals surface area contributed by atoms with Gasteiger partial charge in [-0.3, -0.25) is 4.79 Å². The predicted octanol–water partition coefficient (Wildman–Crippen LogP) is 3.68. The van der Waals surface area contributed by atoms with E-state index in [4.69, 9.17) is 16.3 Å². The van der Waals surface area contributed by atoms with Gasteiger partial charge in [0.15, 0.2) is 0 Å². The van der Waals surface area contributed by atoms with Gasteiger partial charge in [0, 0.05) is 23.7 Å². The zero-order chi connectivity index (χ0) is 16.5. The lowest BCUT2D eigenvalue weighted by molar-refractivity contribution is 0.0949. The fraction of sp³-hybridized carbons (Fsp3) is 0.278. The lowest BCUT2D eigenvalue weighted by Gasteiger charge is -2.12. The zero-order valence-electron chi connectivity index (χ0n) is 13.5. The van der Waals surface area contributed by atoms with Crippen molar-refractivity contribution < 1.29 is 9.53 Å². The number of nitrogens with one attached hydrogen (secondary N) is 2. The average Bonchev–Trinajstić information content (AvgIpc) is 2.58. The molecule has 0 heterocycles. The maximum absolute atomic E-state index is 12.3. The molecule has 0 saturated carbocycles. The maximum atomic E-state index is 12.3. The van der Waals surface area contributed by atoms with E-state index in [2.05, 4.69) is 10.6 Å². The third-order valence-electron chi connectivity index (χ3n) is 3.31. The Balaban J connectivity index is 0.00000288. The largest absolute Gasteiger partial charge is 0.488 e. The number of hydrogen-bond acceptors (Lipinski definition) is 3. The van der Waals surface area contributed by atoms with Crippen LogP contribution in [0.2, 0.25) is 5.02 Å². The van der Waals surface area contributed by atoms with E-state index in [-0.39, 0.29) is 18.3 Å². The van der Waals surface area contributed by atoms with Crippen LogP contribution in [0.25, 0.3) is 0 Å². The Kier molecular flexibility index (Phi) is 9.23. The lowest BCUT2D eigenvalue weighted by Crippen LogP contribution is -2.31. The van der Waals surface area contributed by atoms with Crippen molar-refractivity contribution in [3.63, 3.8) is 0 Å². The molecule has 130 valence electrons. The van der Waals surface area contributed by atoms with Crippen molar-refractivity contribution in [2.24, 2.45) is 0 Å². The van der Waals surface area contributed by atoms with Gasteiger partial charge in [-0.25, -0.2) is 0 Å². The number of benzene rings is 2. The van der Waals surface area contributed by atoms with E-state index in [1.165, 1.54) is 0 Å². The predicted molar refractivity (Wildman–Crippen MR) is 100 cm³/mol. The molecule has 0 spiro atoms. The highest BCUT2D eigenvalue weighted by atomic mass is 35.5. The summed E-state index contributed by atoms with van der Waals surface area (Å²) in [4.78, 5) is 12.3. The molecule has 4 nitrogen and oxygen atoms in total. The van der Waals surface area contributed by atoms with Gasteiger partial charge in [-0.05, 0) is 24.7 Å². The molecule has 24 heavy (non-hydrogen) atoms. The number of ether oxygens (including phenoxy) is 1. The van der Waals surface area contributed by atoms with Crippen LogP contribution in [-0.4, -0.2) is 25.5 Å². The van der Waals surface area contributed by atoms with Gasteiger partial charge in [-0.15, -0.1) is 12.4 Å². The highest BCUT2D eigenvalue weighted by Crippen LogP contribution is 2.21. The number of para-hydroxylation sites is 1. The van der Waals surface area contributed by atoms with Crippen molar-refractivity contribution >= 4 is 29.9 Å². The number of likely N-dealkylation sites (N-methyl/N-ethyl adjacent to an activating group) is 1. The van der Waals surface area contributed by atoms with Crippen molar-refractivity contribution in [2.45, 2.75) is 13.5 Å². The first-order valence-corrected chi connectivity index (χ1v) is 8.04. The molecule has 2 aromatic rings. The van der Waals surface area contributed by atoms with E-state index in [1.807, 2.05) is 43.3 Å². The summed E-state index contributed by atoms with van der Waals surface area (Å²) in [7, 11) is 0. The Morgan fingerprint density at radius 1 is 1.08 bits per heavy atom. The lowest BCUT2D eigenvalue weighted by atomic mass is 10.2. The van der Waals surface area contributed by atoms with Crippen LogP contribution in [0.4, 0.5) is 0 Å². The first kappa shape index (κ1) is 20.3. The van der Waals surface area contributed by atoms with E-state index in [9.17, 15) is 4.79 Å². The van der Waals surface area contributed by atoms with Crippen LogP contribution in [-0.2, 0) is 6.61 Å². The fourth-order valence-electron chi connectivity index (χ4n) is 2.09. The molecule has 0 atom stereocenters. The Morgan fingerprint density at radius 2 is 1.79 bits per heavy atom. The molecule has 0 unspecified atom stereocenters. The molecule has 0 aliphatic heterocycles. The van der Waals surface area contributed by atoms with Gasteiger partial charge in [-0.2, -0.15) is 0 Å². The van der Waals surface area contributed by atoms with Crippen LogP contribution in [0.1, 0.15) is 22.8 Å². The molecule has 1 amide bonds.